The monoisotopic (exact) mass is 215 g/mol. The van der Waals surface area contributed by atoms with Crippen LogP contribution in [0.3, 0.4) is 0 Å². The molecule has 0 saturated carbocycles. The quantitative estimate of drug-likeness (QED) is 0.538. The van der Waals surface area contributed by atoms with Gasteiger partial charge in [0.25, 0.3) is 0 Å². The summed E-state index contributed by atoms with van der Waals surface area (Å²) in [6, 6.07) is 0.267. The predicted octanol–water partition coefficient (Wildman–Crippen LogP) is 2.31. The normalized spacial score (nSPS) is 30.1. The molecule has 0 aliphatic heterocycles. The first-order chi connectivity index (χ1) is 6.72. The Balaban J connectivity index is 2.41. The van der Waals surface area contributed by atoms with Gasteiger partial charge in [0.1, 0.15) is 6.10 Å². The van der Waals surface area contributed by atoms with Crippen molar-refractivity contribution in [3.8, 4) is 0 Å². The van der Waals surface area contributed by atoms with Gasteiger partial charge in [-0.1, -0.05) is 6.08 Å². The van der Waals surface area contributed by atoms with Gasteiger partial charge in [-0.05, 0) is 49.8 Å². The highest BCUT2D eigenvalue weighted by atomic mass is 32.2. The highest BCUT2D eigenvalue weighted by Gasteiger charge is 2.13. The maximum absolute atomic E-state index is 11.0. The lowest BCUT2D eigenvalue weighted by Crippen LogP contribution is -2.22. The molecule has 0 aromatic rings. The fourth-order valence-electron chi connectivity index (χ4n) is 1.47. The number of rotatable bonds is 1. The molecule has 0 fully saturated rings. The van der Waals surface area contributed by atoms with Gasteiger partial charge in [0.15, 0.2) is 0 Å². The Bertz CT molecular complexity index is 218. The topological polar surface area (TPSA) is 52.3 Å². The Morgan fingerprint density at radius 1 is 1.57 bits per heavy atom. The van der Waals surface area contributed by atoms with E-state index >= 15 is 0 Å². The smallest absolute Gasteiger partial charge is 0.367 e. The van der Waals surface area contributed by atoms with E-state index in [-0.39, 0.29) is 17.4 Å². The molecule has 1 aliphatic rings. The fraction of sp³-hybridized carbons (Fsp3) is 0.700. The third-order valence-electron chi connectivity index (χ3n) is 2.27. The number of carbonyl (C=O) groups is 1. The minimum atomic E-state index is -0.204. The zero-order valence-electron chi connectivity index (χ0n) is 8.44. The molecular weight excluding hydrogens is 198 g/mol. The van der Waals surface area contributed by atoms with E-state index in [1.165, 1.54) is 0 Å². The third kappa shape index (κ3) is 4.15. The maximum Gasteiger partial charge on any atom is 0.367 e. The second-order valence-corrected chi connectivity index (χ2v) is 4.21. The minimum absolute atomic E-state index is 0.0533. The zero-order valence-corrected chi connectivity index (χ0v) is 9.26. The van der Waals surface area contributed by atoms with E-state index in [0.29, 0.717) is 0 Å². The Morgan fingerprint density at radius 3 is 3.07 bits per heavy atom. The highest BCUT2D eigenvalue weighted by molar-refractivity contribution is 8.12. The number of carbonyl (C=O) groups excluding carboxylic acids is 1. The summed E-state index contributed by atoms with van der Waals surface area (Å²) in [6.07, 6.45) is 9.45. The Labute approximate surface area is 89.1 Å². The fourth-order valence-corrected chi connectivity index (χ4v) is 1.69. The van der Waals surface area contributed by atoms with Gasteiger partial charge in [0.05, 0.1) is 0 Å². The standard InChI is InChI=1S/C10H17NO2S/c1-14-10(12)13-9-6-2-4-8(11)5-3-7-9/h2,6,8-9H,3-5,7,11H2,1H3/b6-2+/t8-,9?/m1/s1. The van der Waals surface area contributed by atoms with Crippen molar-refractivity contribution in [3.05, 3.63) is 12.2 Å². The van der Waals surface area contributed by atoms with Crippen LogP contribution in [-0.4, -0.2) is 23.7 Å². The summed E-state index contributed by atoms with van der Waals surface area (Å²) in [6.45, 7) is 0. The molecule has 0 heterocycles. The van der Waals surface area contributed by atoms with Gasteiger partial charge in [-0.2, -0.15) is 0 Å². The predicted molar refractivity (Wildman–Crippen MR) is 59.4 cm³/mol. The van der Waals surface area contributed by atoms with E-state index in [9.17, 15) is 4.79 Å². The van der Waals surface area contributed by atoms with E-state index in [1.807, 2.05) is 12.2 Å². The average molecular weight is 215 g/mol. The van der Waals surface area contributed by atoms with Gasteiger partial charge in [-0.15, -0.1) is 0 Å². The molecule has 1 aliphatic carbocycles. The summed E-state index contributed by atoms with van der Waals surface area (Å²) < 4.78 is 5.21. The zero-order chi connectivity index (χ0) is 10.4. The molecule has 0 amide bonds. The van der Waals surface area contributed by atoms with E-state index in [0.717, 1.165) is 37.4 Å². The van der Waals surface area contributed by atoms with Crippen molar-refractivity contribution in [2.24, 2.45) is 5.73 Å². The molecule has 0 spiro atoms. The van der Waals surface area contributed by atoms with Crippen LogP contribution in [0.4, 0.5) is 4.79 Å². The van der Waals surface area contributed by atoms with Crippen LogP contribution in [0.5, 0.6) is 0 Å². The van der Waals surface area contributed by atoms with Crippen molar-refractivity contribution >= 4 is 17.1 Å². The molecular formula is C10H17NO2S. The highest BCUT2D eigenvalue weighted by Crippen LogP contribution is 2.15. The van der Waals surface area contributed by atoms with E-state index < -0.39 is 0 Å². The second-order valence-electron chi connectivity index (χ2n) is 3.47. The van der Waals surface area contributed by atoms with Crippen LogP contribution in [0, 0.1) is 0 Å². The van der Waals surface area contributed by atoms with Crippen LogP contribution >= 0.6 is 11.8 Å². The molecule has 14 heavy (non-hydrogen) atoms. The molecule has 2 atom stereocenters. The first kappa shape index (κ1) is 11.6. The summed E-state index contributed by atoms with van der Waals surface area (Å²) in [5.74, 6) is 0. The van der Waals surface area contributed by atoms with Crippen LogP contribution in [0.15, 0.2) is 12.2 Å². The van der Waals surface area contributed by atoms with E-state index in [1.54, 1.807) is 6.26 Å². The number of hydrogen-bond acceptors (Lipinski definition) is 4. The van der Waals surface area contributed by atoms with Gasteiger partial charge >= 0.3 is 5.30 Å². The Hall–Kier alpha value is -0.480. The Morgan fingerprint density at radius 2 is 2.36 bits per heavy atom. The lowest BCUT2D eigenvalue weighted by molar-refractivity contribution is 0.139. The molecule has 0 saturated heterocycles. The SMILES string of the molecule is CSC(=O)OC1/C=C/C[C@@H](N)CCC1. The van der Waals surface area contributed by atoms with Crippen LogP contribution in [-0.2, 0) is 4.74 Å². The number of hydrogen-bond donors (Lipinski definition) is 1. The van der Waals surface area contributed by atoms with Crippen LogP contribution in [0.25, 0.3) is 0 Å². The van der Waals surface area contributed by atoms with Crippen molar-refractivity contribution in [3.63, 3.8) is 0 Å². The molecule has 0 radical (unpaired) electrons. The third-order valence-corrected chi connectivity index (χ3v) is 2.70. The number of thioether (sulfide) groups is 1. The molecule has 1 rings (SSSR count). The molecule has 1 unspecified atom stereocenters. The summed E-state index contributed by atoms with van der Waals surface area (Å²) in [5, 5.41) is -0.204. The van der Waals surface area contributed by atoms with Crippen LogP contribution in [0.1, 0.15) is 25.7 Å². The van der Waals surface area contributed by atoms with Gasteiger partial charge in [-0.3, -0.25) is 0 Å². The summed E-state index contributed by atoms with van der Waals surface area (Å²) >= 11 is 1.11. The van der Waals surface area contributed by atoms with Crippen molar-refractivity contribution in [1.29, 1.82) is 0 Å². The number of ether oxygens (including phenoxy) is 1. The molecule has 2 N–H and O–H groups in total. The van der Waals surface area contributed by atoms with Crippen LogP contribution in [0.2, 0.25) is 0 Å². The first-order valence-electron chi connectivity index (χ1n) is 4.89. The summed E-state index contributed by atoms with van der Waals surface area (Å²) in [7, 11) is 0. The van der Waals surface area contributed by atoms with E-state index in [4.69, 9.17) is 10.5 Å². The van der Waals surface area contributed by atoms with Crippen molar-refractivity contribution in [2.45, 2.75) is 37.8 Å². The van der Waals surface area contributed by atoms with Crippen molar-refractivity contribution in [1.82, 2.24) is 0 Å². The van der Waals surface area contributed by atoms with Crippen molar-refractivity contribution in [2.75, 3.05) is 6.26 Å². The van der Waals surface area contributed by atoms with Crippen molar-refractivity contribution < 1.29 is 9.53 Å². The minimum Gasteiger partial charge on any atom is -0.450 e. The molecule has 0 aromatic carbocycles. The Kier molecular flexibility index (Phi) is 5.04. The van der Waals surface area contributed by atoms with Gasteiger partial charge in [0.2, 0.25) is 0 Å². The molecule has 80 valence electrons. The maximum atomic E-state index is 11.0. The van der Waals surface area contributed by atoms with Gasteiger partial charge < -0.3 is 10.5 Å². The lowest BCUT2D eigenvalue weighted by Gasteiger charge is -2.17. The molecule has 3 nitrogen and oxygen atoms in total. The van der Waals surface area contributed by atoms with Gasteiger partial charge in [0, 0.05) is 6.04 Å². The largest absolute Gasteiger partial charge is 0.450 e. The van der Waals surface area contributed by atoms with E-state index in [2.05, 4.69) is 0 Å². The summed E-state index contributed by atoms with van der Waals surface area (Å²) in [5.41, 5.74) is 5.81. The second kappa shape index (κ2) is 6.09. The number of nitrogens with two attached hydrogens (primary N) is 1. The summed E-state index contributed by atoms with van der Waals surface area (Å²) in [4.78, 5) is 11.0. The lowest BCUT2D eigenvalue weighted by atomic mass is 10.0. The molecule has 0 aromatic heterocycles. The van der Waals surface area contributed by atoms with Gasteiger partial charge in [-0.25, -0.2) is 4.79 Å². The average Bonchev–Trinajstić information content (AvgIpc) is 2.14. The molecule has 0 bridgehead atoms. The van der Waals surface area contributed by atoms with Crippen LogP contribution < -0.4 is 5.73 Å². The molecule has 4 heteroatoms. The first-order valence-corrected chi connectivity index (χ1v) is 6.11.